The molecule has 0 saturated heterocycles. The summed E-state index contributed by atoms with van der Waals surface area (Å²) in [6, 6.07) is 0. The van der Waals surface area contributed by atoms with Gasteiger partial charge in [-0.15, -0.1) is 0 Å². The standard InChI is InChI=1S/C11H20N2OSi/c1-8(15(4,5)6)11(14)10-7-13(3)9(2)12-10/h7-8H,1-6H3. The first-order chi connectivity index (χ1) is 6.73. The topological polar surface area (TPSA) is 34.9 Å². The zero-order valence-electron chi connectivity index (χ0n) is 10.5. The summed E-state index contributed by atoms with van der Waals surface area (Å²) in [6.07, 6.45) is 1.83. The zero-order chi connectivity index (χ0) is 11.8. The number of aryl methyl sites for hydroxylation is 2. The Morgan fingerprint density at radius 1 is 1.47 bits per heavy atom. The SMILES string of the molecule is Cc1nc(C(=O)C(C)[Si](C)(C)C)cn1C. The molecule has 84 valence electrons. The predicted octanol–water partition coefficient (Wildman–Crippen LogP) is 2.64. The third kappa shape index (κ3) is 2.56. The highest BCUT2D eigenvalue weighted by Gasteiger charge is 2.30. The Balaban J connectivity index is 2.95. The molecule has 3 nitrogen and oxygen atoms in total. The number of carbonyl (C=O) groups is 1. The first kappa shape index (κ1) is 12.2. The average molecular weight is 224 g/mol. The molecule has 0 aliphatic heterocycles. The van der Waals surface area contributed by atoms with Gasteiger partial charge in [-0.3, -0.25) is 4.79 Å². The molecule has 0 saturated carbocycles. The maximum atomic E-state index is 12.1. The molecule has 0 amide bonds. The highest BCUT2D eigenvalue weighted by molar-refractivity contribution is 6.80. The zero-order valence-corrected chi connectivity index (χ0v) is 11.5. The van der Waals surface area contributed by atoms with E-state index in [1.165, 1.54) is 0 Å². The number of Topliss-reactive ketones (excluding diaryl/α,β-unsaturated/α-hetero) is 1. The van der Waals surface area contributed by atoms with E-state index in [1.54, 1.807) is 0 Å². The van der Waals surface area contributed by atoms with Gasteiger partial charge in [0.05, 0.1) is 8.07 Å². The molecule has 0 bridgehead atoms. The van der Waals surface area contributed by atoms with Crippen LogP contribution in [0.15, 0.2) is 6.20 Å². The van der Waals surface area contributed by atoms with Crippen molar-refractivity contribution in [2.24, 2.45) is 7.05 Å². The molecule has 0 aliphatic carbocycles. The molecule has 15 heavy (non-hydrogen) atoms. The van der Waals surface area contributed by atoms with Gasteiger partial charge in [-0.1, -0.05) is 26.6 Å². The van der Waals surface area contributed by atoms with Crippen LogP contribution >= 0.6 is 0 Å². The van der Waals surface area contributed by atoms with E-state index >= 15 is 0 Å². The smallest absolute Gasteiger partial charge is 0.182 e. The van der Waals surface area contributed by atoms with Crippen LogP contribution in [0.4, 0.5) is 0 Å². The molecule has 0 fully saturated rings. The van der Waals surface area contributed by atoms with Crippen molar-refractivity contribution in [1.82, 2.24) is 9.55 Å². The molecule has 0 aromatic carbocycles. The van der Waals surface area contributed by atoms with Crippen LogP contribution < -0.4 is 0 Å². The number of hydrogen-bond donors (Lipinski definition) is 0. The van der Waals surface area contributed by atoms with Crippen LogP contribution in [0.1, 0.15) is 23.2 Å². The molecule has 1 heterocycles. The lowest BCUT2D eigenvalue weighted by Gasteiger charge is -2.22. The van der Waals surface area contributed by atoms with Crippen LogP contribution in [0.5, 0.6) is 0 Å². The van der Waals surface area contributed by atoms with Gasteiger partial charge in [0.25, 0.3) is 0 Å². The minimum Gasteiger partial charge on any atom is -0.337 e. The van der Waals surface area contributed by atoms with E-state index in [2.05, 4.69) is 24.6 Å². The Morgan fingerprint density at radius 3 is 2.33 bits per heavy atom. The van der Waals surface area contributed by atoms with Crippen molar-refractivity contribution in [1.29, 1.82) is 0 Å². The van der Waals surface area contributed by atoms with Gasteiger partial charge in [0.2, 0.25) is 0 Å². The molecule has 4 heteroatoms. The van der Waals surface area contributed by atoms with Crippen molar-refractivity contribution in [3.05, 3.63) is 17.7 Å². The van der Waals surface area contributed by atoms with E-state index in [4.69, 9.17) is 0 Å². The second-order valence-corrected chi connectivity index (χ2v) is 10.8. The summed E-state index contributed by atoms with van der Waals surface area (Å²) < 4.78 is 1.89. The maximum absolute atomic E-state index is 12.1. The molecule has 1 unspecified atom stereocenters. The summed E-state index contributed by atoms with van der Waals surface area (Å²) in [5, 5.41) is 0. The molecule has 1 rings (SSSR count). The first-order valence-corrected chi connectivity index (χ1v) is 8.85. The molecule has 1 aromatic heterocycles. The summed E-state index contributed by atoms with van der Waals surface area (Å²) in [5.74, 6) is 1.08. The molecule has 0 N–H and O–H groups in total. The third-order valence-corrected chi connectivity index (χ3v) is 5.91. The molecule has 0 radical (unpaired) electrons. The van der Waals surface area contributed by atoms with Gasteiger partial charge in [0, 0.05) is 18.8 Å². The van der Waals surface area contributed by atoms with E-state index in [1.807, 2.05) is 31.7 Å². The van der Waals surface area contributed by atoms with Gasteiger partial charge in [-0.25, -0.2) is 4.98 Å². The minimum absolute atomic E-state index is 0.131. The van der Waals surface area contributed by atoms with Gasteiger partial charge in [0.15, 0.2) is 5.78 Å². The lowest BCUT2D eigenvalue weighted by atomic mass is 10.2. The molecule has 0 aliphatic rings. The monoisotopic (exact) mass is 224 g/mol. The Morgan fingerprint density at radius 2 is 2.00 bits per heavy atom. The van der Waals surface area contributed by atoms with Crippen molar-refractivity contribution in [2.75, 3.05) is 0 Å². The van der Waals surface area contributed by atoms with Crippen molar-refractivity contribution in [3.63, 3.8) is 0 Å². The molecule has 1 atom stereocenters. The number of rotatable bonds is 3. The van der Waals surface area contributed by atoms with Gasteiger partial charge < -0.3 is 4.57 Å². The fraction of sp³-hybridized carbons (Fsp3) is 0.636. The predicted molar refractivity (Wildman–Crippen MR) is 65.0 cm³/mol. The van der Waals surface area contributed by atoms with Crippen LogP contribution in [0.2, 0.25) is 25.2 Å². The van der Waals surface area contributed by atoms with Crippen LogP contribution in [-0.2, 0) is 7.05 Å². The Bertz CT molecular complexity index is 357. The third-order valence-electron chi connectivity index (χ3n) is 3.05. The van der Waals surface area contributed by atoms with Gasteiger partial charge in [0.1, 0.15) is 11.5 Å². The average Bonchev–Trinajstić information content (AvgIpc) is 2.43. The molecular formula is C11H20N2OSi. The van der Waals surface area contributed by atoms with Crippen molar-refractivity contribution in [2.45, 2.75) is 39.0 Å². The van der Waals surface area contributed by atoms with E-state index in [9.17, 15) is 4.79 Å². The lowest BCUT2D eigenvalue weighted by molar-refractivity contribution is 0.0981. The van der Waals surface area contributed by atoms with E-state index < -0.39 is 8.07 Å². The number of nitrogens with zero attached hydrogens (tertiary/aromatic N) is 2. The van der Waals surface area contributed by atoms with Crippen LogP contribution in [0, 0.1) is 6.92 Å². The number of hydrogen-bond acceptors (Lipinski definition) is 2. The second kappa shape index (κ2) is 3.93. The summed E-state index contributed by atoms with van der Waals surface area (Å²) in [6.45, 7) is 10.6. The number of carbonyl (C=O) groups excluding carboxylic acids is 1. The van der Waals surface area contributed by atoms with Gasteiger partial charge in [-0.2, -0.15) is 0 Å². The van der Waals surface area contributed by atoms with Crippen molar-refractivity contribution in [3.8, 4) is 0 Å². The normalized spacial score (nSPS) is 14.0. The van der Waals surface area contributed by atoms with Gasteiger partial charge >= 0.3 is 0 Å². The number of imidazole rings is 1. The van der Waals surface area contributed by atoms with Crippen LogP contribution in [-0.4, -0.2) is 23.4 Å². The summed E-state index contributed by atoms with van der Waals surface area (Å²) in [4.78, 5) is 16.4. The van der Waals surface area contributed by atoms with Crippen LogP contribution in [0.3, 0.4) is 0 Å². The Hall–Kier alpha value is -0.903. The summed E-state index contributed by atoms with van der Waals surface area (Å²) in [5.41, 5.74) is 0.747. The minimum atomic E-state index is -1.41. The number of ketones is 1. The maximum Gasteiger partial charge on any atom is 0.182 e. The molecular weight excluding hydrogens is 204 g/mol. The Labute approximate surface area is 92.5 Å². The van der Waals surface area contributed by atoms with E-state index in [0.29, 0.717) is 5.69 Å². The fourth-order valence-corrected chi connectivity index (χ4v) is 2.23. The fourth-order valence-electron chi connectivity index (χ4n) is 1.29. The largest absolute Gasteiger partial charge is 0.337 e. The summed E-state index contributed by atoms with van der Waals surface area (Å²) >= 11 is 0. The van der Waals surface area contributed by atoms with Gasteiger partial charge in [-0.05, 0) is 6.92 Å². The lowest BCUT2D eigenvalue weighted by Crippen LogP contribution is -2.31. The molecule has 0 spiro atoms. The quantitative estimate of drug-likeness (QED) is 0.584. The second-order valence-electron chi connectivity index (χ2n) is 5.24. The Kier molecular flexibility index (Phi) is 3.18. The van der Waals surface area contributed by atoms with Crippen LogP contribution in [0.25, 0.3) is 0 Å². The highest BCUT2D eigenvalue weighted by Crippen LogP contribution is 2.24. The van der Waals surface area contributed by atoms with E-state index in [0.717, 1.165) is 5.82 Å². The van der Waals surface area contributed by atoms with Crippen molar-refractivity contribution < 1.29 is 4.79 Å². The highest BCUT2D eigenvalue weighted by atomic mass is 28.3. The number of aromatic nitrogens is 2. The van der Waals surface area contributed by atoms with E-state index in [-0.39, 0.29) is 11.3 Å². The first-order valence-electron chi connectivity index (χ1n) is 5.27. The molecule has 1 aromatic rings. The van der Waals surface area contributed by atoms with Crippen molar-refractivity contribution >= 4 is 13.9 Å². The summed E-state index contributed by atoms with van der Waals surface area (Å²) in [7, 11) is 0.502.